The van der Waals surface area contributed by atoms with Crippen LogP contribution in [0.5, 0.6) is 0 Å². The molecule has 17 heteroatoms. The molecule has 2 saturated heterocycles. The molecule has 2 fully saturated rings. The van der Waals surface area contributed by atoms with Crippen molar-refractivity contribution in [3.05, 3.63) is 34.2 Å². The van der Waals surface area contributed by atoms with Crippen LogP contribution in [0.3, 0.4) is 0 Å². The number of halogens is 3. The summed E-state index contributed by atoms with van der Waals surface area (Å²) in [5.41, 5.74) is 0. The molecule has 0 radical (unpaired) electrons. The number of nitrogens with one attached hydrogen (secondary N) is 2. The molecule has 2 amide bonds. The van der Waals surface area contributed by atoms with E-state index in [2.05, 4.69) is 10.6 Å². The zero-order valence-electron chi connectivity index (χ0n) is 16.1. The standard InChI is InChI=1S/C8H5F3O2S.2C4H5NO3S.In/c9-8(10,11)7(13)4-5(12)6-2-1-3-14-6;2*6-3(7)2-1-9-4(8)5-2;/h1-4,13H;2*2H,1H2,(H,5,8)(H,6,7);/q;;;+3/p-3/b7-4-;;;/t;2*2-;/m.00./s1. The molecule has 3 rings (SSSR count). The van der Waals surface area contributed by atoms with Crippen LogP contribution in [0.25, 0.3) is 0 Å². The summed E-state index contributed by atoms with van der Waals surface area (Å²) in [6.45, 7) is 0. The Kier molecular flexibility index (Phi) is 8.63. The van der Waals surface area contributed by atoms with Gasteiger partial charge in [-0.15, -0.1) is 0 Å². The van der Waals surface area contributed by atoms with Gasteiger partial charge in [-0.1, -0.05) is 0 Å². The summed E-state index contributed by atoms with van der Waals surface area (Å²) in [4.78, 5) is 59.3. The van der Waals surface area contributed by atoms with Crippen LogP contribution in [-0.4, -0.2) is 80.7 Å². The second kappa shape index (κ2) is 11.1. The molecule has 0 saturated carbocycles. The molecule has 1 aromatic rings. The summed E-state index contributed by atoms with van der Waals surface area (Å²) in [6, 6.07) is 0.431. The summed E-state index contributed by atoms with van der Waals surface area (Å²) >= 11 is -2.70. The predicted octanol–water partition coefficient (Wildman–Crippen LogP) is 2.11. The summed E-state index contributed by atoms with van der Waals surface area (Å²) in [6.07, 6.45) is -4.99. The Labute approximate surface area is 205 Å². The Morgan fingerprint density at radius 1 is 1.00 bits per heavy atom. The van der Waals surface area contributed by atoms with Gasteiger partial charge in [0.2, 0.25) is 0 Å². The van der Waals surface area contributed by atoms with Crippen LogP contribution in [0.4, 0.5) is 22.8 Å². The molecular weight excluding hydrogens is 616 g/mol. The van der Waals surface area contributed by atoms with Crippen LogP contribution >= 0.6 is 34.9 Å². The van der Waals surface area contributed by atoms with Gasteiger partial charge in [-0.05, 0) is 0 Å². The molecule has 33 heavy (non-hydrogen) atoms. The van der Waals surface area contributed by atoms with Crippen LogP contribution in [-0.2, 0) is 18.2 Å². The number of amides is 2. The van der Waals surface area contributed by atoms with E-state index in [4.69, 9.17) is 8.56 Å². The van der Waals surface area contributed by atoms with Crippen molar-refractivity contribution in [1.29, 1.82) is 0 Å². The monoisotopic (exact) mass is 628 g/mol. The molecule has 2 aliphatic rings. The van der Waals surface area contributed by atoms with Crippen LogP contribution in [0, 0.1) is 0 Å². The second-order valence-corrected chi connectivity index (χ2v) is 12.8. The van der Waals surface area contributed by atoms with E-state index in [1.165, 1.54) is 17.5 Å². The Morgan fingerprint density at radius 3 is 1.94 bits per heavy atom. The minimum absolute atomic E-state index is 0.00234. The van der Waals surface area contributed by atoms with Crippen molar-refractivity contribution in [3.8, 4) is 0 Å². The van der Waals surface area contributed by atoms with Crippen LogP contribution in [0.15, 0.2) is 29.3 Å². The van der Waals surface area contributed by atoms with Gasteiger partial charge in [0.15, 0.2) is 0 Å². The average Bonchev–Trinajstić information content (AvgIpc) is 3.48. The van der Waals surface area contributed by atoms with E-state index in [1.54, 1.807) is 0 Å². The van der Waals surface area contributed by atoms with E-state index in [0.29, 0.717) is 0 Å². The molecule has 0 spiro atoms. The Balaban J connectivity index is 1.79. The molecule has 3 heterocycles. The first-order valence-corrected chi connectivity index (χ1v) is 15.7. The number of thioether (sulfide) groups is 2. The van der Waals surface area contributed by atoms with E-state index in [1.807, 2.05) is 0 Å². The summed E-state index contributed by atoms with van der Waals surface area (Å²) in [7, 11) is 0. The second-order valence-electron chi connectivity index (χ2n) is 6.22. The van der Waals surface area contributed by atoms with Gasteiger partial charge >= 0.3 is 206 Å². The zero-order chi connectivity index (χ0) is 24.2. The number of allylic oxidation sites excluding steroid dienone is 2. The first-order chi connectivity index (χ1) is 15.5. The van der Waals surface area contributed by atoms with Gasteiger partial charge in [-0.3, -0.25) is 0 Å². The maximum atomic E-state index is 13.6. The van der Waals surface area contributed by atoms with E-state index < -0.39 is 75.0 Å². The van der Waals surface area contributed by atoms with Crippen LogP contribution < -0.4 is 10.6 Å². The third kappa shape index (κ3) is 7.32. The molecule has 0 bridgehead atoms. The number of hydrogen-bond donors (Lipinski definition) is 2. The summed E-state index contributed by atoms with van der Waals surface area (Å²) in [5, 5.41) is 4.90. The summed E-state index contributed by atoms with van der Waals surface area (Å²) < 4.78 is 55.4. The third-order valence-electron chi connectivity index (χ3n) is 3.87. The van der Waals surface area contributed by atoms with E-state index in [0.717, 1.165) is 34.9 Å². The minimum atomic E-state index is -5.17. The molecule has 0 aliphatic carbocycles. The van der Waals surface area contributed by atoms with Crippen molar-refractivity contribution in [2.24, 2.45) is 0 Å². The van der Waals surface area contributed by atoms with Crippen molar-refractivity contribution in [1.82, 2.24) is 10.6 Å². The van der Waals surface area contributed by atoms with Crippen molar-refractivity contribution in [2.45, 2.75) is 18.3 Å². The molecule has 2 aliphatic heterocycles. The van der Waals surface area contributed by atoms with E-state index >= 15 is 0 Å². The van der Waals surface area contributed by atoms with Gasteiger partial charge in [0.1, 0.15) is 0 Å². The fraction of sp³-hybridized carbons (Fsp3) is 0.312. The Hall–Kier alpha value is -1.85. The number of ketones is 1. The first kappa shape index (κ1) is 25.8. The van der Waals surface area contributed by atoms with Gasteiger partial charge in [0, 0.05) is 0 Å². The summed E-state index contributed by atoms with van der Waals surface area (Å²) in [5.74, 6) is -5.18. The van der Waals surface area contributed by atoms with E-state index in [-0.39, 0.29) is 22.5 Å². The number of hydrogen-bond acceptors (Lipinski definition) is 11. The van der Waals surface area contributed by atoms with Crippen molar-refractivity contribution < 1.29 is 45.7 Å². The fourth-order valence-electron chi connectivity index (χ4n) is 2.34. The quantitative estimate of drug-likeness (QED) is 0.250. The van der Waals surface area contributed by atoms with Gasteiger partial charge in [-0.25, -0.2) is 0 Å². The first-order valence-electron chi connectivity index (χ1n) is 8.84. The van der Waals surface area contributed by atoms with Crippen molar-refractivity contribution in [2.75, 3.05) is 11.5 Å². The number of carbonyl (C=O) groups is 5. The Bertz CT molecular complexity index is 948. The molecule has 2 N–H and O–H groups in total. The van der Waals surface area contributed by atoms with Gasteiger partial charge in [0.05, 0.1) is 0 Å². The normalized spacial score (nSPS) is 20.6. The average molecular weight is 628 g/mol. The van der Waals surface area contributed by atoms with Crippen molar-refractivity contribution in [3.63, 3.8) is 0 Å². The maximum absolute atomic E-state index is 13.6. The van der Waals surface area contributed by atoms with Gasteiger partial charge in [0.25, 0.3) is 0 Å². The SMILES string of the molecule is O=C1N[C@H](C(=O)[O][In]([O]C(=O)[C@@H]2CSC(=O)N2)[O]/C(=C\C(=O)c2cccs2)C(F)(F)F)CS1. The number of carbonyl (C=O) groups excluding carboxylic acids is 5. The van der Waals surface area contributed by atoms with Crippen LogP contribution in [0.1, 0.15) is 9.67 Å². The molecule has 0 unspecified atom stereocenters. The van der Waals surface area contributed by atoms with Gasteiger partial charge in [-0.2, -0.15) is 0 Å². The third-order valence-corrected chi connectivity index (χ3v) is 10.2. The fourth-order valence-corrected chi connectivity index (χ4v) is 8.11. The molecule has 1 aromatic heterocycles. The molecule has 2 atom stereocenters. The van der Waals surface area contributed by atoms with E-state index in [9.17, 15) is 37.1 Å². The molecular formula is C16H12F3InN2O8S3. The molecule has 10 nitrogen and oxygen atoms in total. The molecule has 176 valence electrons. The molecule has 0 aromatic carbocycles. The number of thiophene rings is 1. The van der Waals surface area contributed by atoms with Gasteiger partial charge < -0.3 is 0 Å². The van der Waals surface area contributed by atoms with Crippen LogP contribution in [0.2, 0.25) is 0 Å². The number of rotatable bonds is 8. The van der Waals surface area contributed by atoms with Crippen molar-refractivity contribution >= 4 is 85.8 Å². The number of alkyl halides is 3. The predicted molar refractivity (Wildman–Crippen MR) is 111 cm³/mol. The topological polar surface area (TPSA) is 137 Å². The zero-order valence-corrected chi connectivity index (χ0v) is 21.8. The Morgan fingerprint density at radius 2 is 1.55 bits per heavy atom.